The van der Waals surface area contributed by atoms with Gasteiger partial charge in [-0.1, -0.05) is 54.6 Å². The summed E-state index contributed by atoms with van der Waals surface area (Å²) in [6.45, 7) is 1.43. The van der Waals surface area contributed by atoms with Gasteiger partial charge >= 0.3 is 0 Å². The highest BCUT2D eigenvalue weighted by molar-refractivity contribution is 14.0. The lowest BCUT2D eigenvalue weighted by Crippen LogP contribution is -2.37. The van der Waals surface area contributed by atoms with E-state index in [1.54, 1.807) is 14.1 Å². The molecule has 6 heteroatoms. The molecule has 0 aliphatic carbocycles. The van der Waals surface area contributed by atoms with Crippen LogP contribution in [-0.2, 0) is 13.0 Å². The summed E-state index contributed by atoms with van der Waals surface area (Å²) in [6.07, 6.45) is 0.805. The van der Waals surface area contributed by atoms with Crippen LogP contribution in [0, 0.1) is 0 Å². The van der Waals surface area contributed by atoms with Crippen molar-refractivity contribution in [2.45, 2.75) is 13.0 Å². The fourth-order valence-corrected chi connectivity index (χ4v) is 3.18. The Morgan fingerprint density at radius 1 is 0.966 bits per heavy atom. The molecule has 5 nitrogen and oxygen atoms in total. The van der Waals surface area contributed by atoms with Crippen molar-refractivity contribution in [1.82, 2.24) is 16.0 Å². The molecule has 0 spiro atoms. The average molecular weight is 502 g/mol. The van der Waals surface area contributed by atoms with Crippen molar-refractivity contribution in [2.24, 2.45) is 4.99 Å². The number of amides is 1. The van der Waals surface area contributed by atoms with Gasteiger partial charge < -0.3 is 16.0 Å². The first-order valence-corrected chi connectivity index (χ1v) is 9.43. The molecule has 0 saturated carbocycles. The quantitative estimate of drug-likeness (QED) is 0.274. The Hall–Kier alpha value is -2.61. The van der Waals surface area contributed by atoms with E-state index in [0.29, 0.717) is 12.1 Å². The zero-order valence-corrected chi connectivity index (χ0v) is 19.1. The van der Waals surface area contributed by atoms with E-state index in [0.717, 1.165) is 24.5 Å². The van der Waals surface area contributed by atoms with E-state index in [1.165, 1.54) is 16.3 Å². The lowest BCUT2D eigenvalue weighted by atomic mass is 10.0. The smallest absolute Gasteiger partial charge is 0.251 e. The van der Waals surface area contributed by atoms with Crippen molar-refractivity contribution in [2.75, 3.05) is 20.6 Å². The van der Waals surface area contributed by atoms with E-state index < -0.39 is 0 Å². The lowest BCUT2D eigenvalue weighted by molar-refractivity contribution is 0.0963. The van der Waals surface area contributed by atoms with Crippen LogP contribution in [0.25, 0.3) is 10.8 Å². The van der Waals surface area contributed by atoms with E-state index in [1.807, 2.05) is 24.3 Å². The van der Waals surface area contributed by atoms with Crippen molar-refractivity contribution < 1.29 is 4.79 Å². The van der Waals surface area contributed by atoms with Crippen LogP contribution in [-0.4, -0.2) is 32.5 Å². The van der Waals surface area contributed by atoms with Gasteiger partial charge in [0.2, 0.25) is 0 Å². The van der Waals surface area contributed by atoms with E-state index in [-0.39, 0.29) is 29.9 Å². The van der Waals surface area contributed by atoms with E-state index >= 15 is 0 Å². The minimum atomic E-state index is -0.0672. The summed E-state index contributed by atoms with van der Waals surface area (Å²) in [7, 11) is 3.41. The maximum atomic E-state index is 11.8. The van der Waals surface area contributed by atoms with Gasteiger partial charge in [0, 0.05) is 32.7 Å². The number of fused-ring (bicyclic) bond motifs is 1. The van der Waals surface area contributed by atoms with Gasteiger partial charge in [-0.3, -0.25) is 9.79 Å². The molecular formula is C23H27IN4O. The van der Waals surface area contributed by atoms with Gasteiger partial charge in [0.15, 0.2) is 5.96 Å². The van der Waals surface area contributed by atoms with E-state index in [4.69, 9.17) is 0 Å². The van der Waals surface area contributed by atoms with Crippen molar-refractivity contribution in [3.05, 3.63) is 83.4 Å². The highest BCUT2D eigenvalue weighted by Crippen LogP contribution is 2.18. The zero-order valence-electron chi connectivity index (χ0n) is 16.7. The molecule has 0 aliphatic rings. The van der Waals surface area contributed by atoms with Crippen molar-refractivity contribution in [3.8, 4) is 0 Å². The van der Waals surface area contributed by atoms with Gasteiger partial charge in [-0.25, -0.2) is 0 Å². The summed E-state index contributed by atoms with van der Waals surface area (Å²) in [6, 6.07) is 22.4. The van der Waals surface area contributed by atoms with Crippen molar-refractivity contribution in [1.29, 1.82) is 0 Å². The fraction of sp³-hybridized carbons (Fsp3) is 0.217. The van der Waals surface area contributed by atoms with Crippen LogP contribution in [0.15, 0.2) is 71.7 Å². The summed E-state index contributed by atoms with van der Waals surface area (Å²) in [4.78, 5) is 16.1. The molecule has 0 fully saturated rings. The van der Waals surface area contributed by atoms with Gasteiger partial charge in [0.05, 0.1) is 0 Å². The number of hydrogen-bond acceptors (Lipinski definition) is 2. The molecule has 0 aliphatic heterocycles. The Morgan fingerprint density at radius 2 is 1.72 bits per heavy atom. The molecule has 1 amide bonds. The number of aliphatic imine (C=N–C) groups is 1. The minimum Gasteiger partial charge on any atom is -0.356 e. The molecule has 3 aromatic carbocycles. The van der Waals surface area contributed by atoms with Crippen LogP contribution < -0.4 is 16.0 Å². The molecule has 0 radical (unpaired) electrons. The fourth-order valence-electron chi connectivity index (χ4n) is 3.18. The number of guanidine groups is 1. The molecule has 29 heavy (non-hydrogen) atoms. The Bertz CT molecular complexity index is 982. The second kappa shape index (κ2) is 11.4. The predicted molar refractivity (Wildman–Crippen MR) is 131 cm³/mol. The van der Waals surface area contributed by atoms with Gasteiger partial charge in [0.25, 0.3) is 5.91 Å². The van der Waals surface area contributed by atoms with Gasteiger partial charge in [0.1, 0.15) is 0 Å². The number of nitrogens with one attached hydrogen (secondary N) is 3. The number of halogens is 1. The van der Waals surface area contributed by atoms with Crippen molar-refractivity contribution >= 4 is 46.6 Å². The molecule has 3 rings (SSSR count). The van der Waals surface area contributed by atoms with Gasteiger partial charge in [-0.05, 0) is 40.5 Å². The van der Waals surface area contributed by atoms with Crippen LogP contribution >= 0.6 is 24.0 Å². The number of nitrogens with zero attached hydrogens (tertiary/aromatic N) is 1. The molecule has 0 aromatic heterocycles. The van der Waals surface area contributed by atoms with Crippen molar-refractivity contribution in [3.63, 3.8) is 0 Å². The minimum absolute atomic E-state index is 0. The number of carbonyl (C=O) groups excluding carboxylic acids is 1. The molecule has 0 heterocycles. The highest BCUT2D eigenvalue weighted by Gasteiger charge is 2.05. The Labute approximate surface area is 189 Å². The second-order valence-electron chi connectivity index (χ2n) is 6.52. The normalized spacial score (nSPS) is 10.9. The standard InChI is InChI=1S/C23H26N4O.HI/c1-24-22(28)19-10-5-7-17(15-19)13-14-26-23(25-2)27-16-20-11-6-9-18-8-3-4-12-21(18)20;/h3-12,15H,13-14,16H2,1-2H3,(H,24,28)(H2,25,26,27);1H. The number of carbonyl (C=O) groups is 1. The average Bonchev–Trinajstić information content (AvgIpc) is 2.75. The Kier molecular flexibility index (Phi) is 8.92. The second-order valence-corrected chi connectivity index (χ2v) is 6.52. The summed E-state index contributed by atoms with van der Waals surface area (Å²) in [5, 5.41) is 11.9. The predicted octanol–water partition coefficient (Wildman–Crippen LogP) is 3.73. The van der Waals surface area contributed by atoms with Crippen LogP contribution in [0.5, 0.6) is 0 Å². The Morgan fingerprint density at radius 3 is 2.52 bits per heavy atom. The monoisotopic (exact) mass is 502 g/mol. The first-order chi connectivity index (χ1) is 13.7. The molecule has 3 aromatic rings. The van der Waals surface area contributed by atoms with Crippen LogP contribution in [0.2, 0.25) is 0 Å². The molecule has 152 valence electrons. The maximum Gasteiger partial charge on any atom is 0.251 e. The molecular weight excluding hydrogens is 475 g/mol. The third kappa shape index (κ3) is 6.19. The first kappa shape index (κ1) is 22.7. The van der Waals surface area contributed by atoms with Gasteiger partial charge in [-0.15, -0.1) is 24.0 Å². The SMILES string of the molecule is CN=C(NCCc1cccc(C(=O)NC)c1)NCc1cccc2ccccc12.I. The number of hydrogen-bond donors (Lipinski definition) is 3. The van der Waals surface area contributed by atoms with E-state index in [2.05, 4.69) is 63.4 Å². The topological polar surface area (TPSA) is 65.5 Å². The molecule has 0 atom stereocenters. The third-order valence-electron chi connectivity index (χ3n) is 4.67. The van der Waals surface area contributed by atoms with Crippen LogP contribution in [0.4, 0.5) is 0 Å². The third-order valence-corrected chi connectivity index (χ3v) is 4.67. The highest BCUT2D eigenvalue weighted by atomic mass is 127. The first-order valence-electron chi connectivity index (χ1n) is 9.43. The molecule has 0 bridgehead atoms. The summed E-state index contributed by atoms with van der Waals surface area (Å²) < 4.78 is 0. The number of rotatable bonds is 6. The summed E-state index contributed by atoms with van der Waals surface area (Å²) >= 11 is 0. The van der Waals surface area contributed by atoms with E-state index in [9.17, 15) is 4.79 Å². The van der Waals surface area contributed by atoms with Crippen LogP contribution in [0.1, 0.15) is 21.5 Å². The number of benzene rings is 3. The van der Waals surface area contributed by atoms with Gasteiger partial charge in [-0.2, -0.15) is 0 Å². The zero-order chi connectivity index (χ0) is 19.8. The summed E-state index contributed by atoms with van der Waals surface area (Å²) in [5.41, 5.74) is 3.02. The Balaban J connectivity index is 0.00000300. The summed E-state index contributed by atoms with van der Waals surface area (Å²) in [5.74, 6) is 0.692. The molecule has 3 N–H and O–H groups in total. The maximum absolute atomic E-state index is 11.8. The largest absolute Gasteiger partial charge is 0.356 e. The van der Waals surface area contributed by atoms with Crippen LogP contribution in [0.3, 0.4) is 0 Å². The molecule has 0 unspecified atom stereocenters. The molecule has 0 saturated heterocycles. The lowest BCUT2D eigenvalue weighted by Gasteiger charge is -2.13.